The van der Waals surface area contributed by atoms with E-state index >= 15 is 0 Å². The summed E-state index contributed by atoms with van der Waals surface area (Å²) >= 11 is 0. The largest absolute Gasteiger partial charge is 0.462 e. The molecule has 2 N–H and O–H groups in total. The van der Waals surface area contributed by atoms with Gasteiger partial charge in [0.2, 0.25) is 0 Å². The van der Waals surface area contributed by atoms with E-state index in [0.29, 0.717) is 5.92 Å². The number of carbonyl (C=O) groups excluding carboxylic acids is 1. The molecule has 0 aromatic carbocycles. The molecule has 0 aromatic rings. The zero-order valence-corrected chi connectivity index (χ0v) is 11.0. The second-order valence-electron chi connectivity index (χ2n) is 6.10. The summed E-state index contributed by atoms with van der Waals surface area (Å²) in [6, 6.07) is 0.206. The Labute approximate surface area is 104 Å². The Morgan fingerprint density at radius 1 is 1.06 bits per heavy atom. The first-order valence-corrected chi connectivity index (χ1v) is 7.02. The molecule has 0 heterocycles. The first-order valence-electron chi connectivity index (χ1n) is 7.02. The minimum atomic E-state index is 0.00435. The fourth-order valence-electron chi connectivity index (χ4n) is 3.10. The Kier molecular flexibility index (Phi) is 4.08. The number of rotatable bonds is 2. The van der Waals surface area contributed by atoms with Crippen molar-refractivity contribution in [2.45, 2.75) is 64.5 Å². The molecule has 5 unspecified atom stereocenters. The van der Waals surface area contributed by atoms with Crippen molar-refractivity contribution in [3.8, 4) is 0 Å². The van der Waals surface area contributed by atoms with E-state index in [-0.39, 0.29) is 24.0 Å². The van der Waals surface area contributed by atoms with Gasteiger partial charge in [-0.3, -0.25) is 4.79 Å². The van der Waals surface area contributed by atoms with E-state index in [9.17, 15) is 4.79 Å². The predicted octanol–water partition coefficient (Wildman–Crippen LogP) is 2.48. The fourth-order valence-corrected chi connectivity index (χ4v) is 3.10. The van der Waals surface area contributed by atoms with E-state index < -0.39 is 0 Å². The van der Waals surface area contributed by atoms with Crippen LogP contribution in [0.3, 0.4) is 0 Å². The molecule has 17 heavy (non-hydrogen) atoms. The van der Waals surface area contributed by atoms with Gasteiger partial charge in [0.25, 0.3) is 0 Å². The van der Waals surface area contributed by atoms with Gasteiger partial charge in [-0.1, -0.05) is 13.8 Å². The molecule has 0 aromatic heterocycles. The maximum Gasteiger partial charge on any atom is 0.309 e. The minimum absolute atomic E-state index is 0.00435. The highest BCUT2D eigenvalue weighted by molar-refractivity contribution is 5.73. The van der Waals surface area contributed by atoms with Gasteiger partial charge in [-0.05, 0) is 50.4 Å². The van der Waals surface area contributed by atoms with Crippen molar-refractivity contribution < 1.29 is 9.53 Å². The summed E-state index contributed by atoms with van der Waals surface area (Å²) in [5, 5.41) is 0. The van der Waals surface area contributed by atoms with Crippen LogP contribution in [-0.4, -0.2) is 18.1 Å². The van der Waals surface area contributed by atoms with Gasteiger partial charge in [-0.25, -0.2) is 0 Å². The number of nitrogens with two attached hydrogens (primary N) is 1. The molecule has 2 rings (SSSR count). The van der Waals surface area contributed by atoms with Crippen LogP contribution in [0.4, 0.5) is 0 Å². The van der Waals surface area contributed by atoms with Crippen LogP contribution in [0.1, 0.15) is 52.4 Å². The highest BCUT2D eigenvalue weighted by Crippen LogP contribution is 2.32. The third kappa shape index (κ3) is 3.21. The highest BCUT2D eigenvalue weighted by Gasteiger charge is 2.32. The standard InChI is InChI=1S/C14H25NO2/c1-9-3-6-13(7-10(9)2)17-14(16)11-4-5-12(15)8-11/h9-13H,3-8,15H2,1-2H3. The van der Waals surface area contributed by atoms with E-state index in [2.05, 4.69) is 13.8 Å². The van der Waals surface area contributed by atoms with Crippen molar-refractivity contribution in [1.82, 2.24) is 0 Å². The Morgan fingerprint density at radius 3 is 2.41 bits per heavy atom. The molecule has 3 heteroatoms. The van der Waals surface area contributed by atoms with Crippen LogP contribution < -0.4 is 5.73 Å². The third-order valence-electron chi connectivity index (χ3n) is 4.64. The van der Waals surface area contributed by atoms with Crippen molar-refractivity contribution in [1.29, 1.82) is 0 Å². The van der Waals surface area contributed by atoms with Crippen LogP contribution in [0.15, 0.2) is 0 Å². The Bertz CT molecular complexity index is 279. The Hall–Kier alpha value is -0.570. The minimum Gasteiger partial charge on any atom is -0.462 e. The smallest absolute Gasteiger partial charge is 0.309 e. The SMILES string of the molecule is CC1CCC(OC(=O)C2CCC(N)C2)CC1C. The molecular weight excluding hydrogens is 214 g/mol. The van der Waals surface area contributed by atoms with Crippen molar-refractivity contribution in [2.75, 3.05) is 0 Å². The van der Waals surface area contributed by atoms with Gasteiger partial charge in [-0.2, -0.15) is 0 Å². The van der Waals surface area contributed by atoms with Gasteiger partial charge in [0.1, 0.15) is 6.10 Å². The molecule has 0 spiro atoms. The van der Waals surface area contributed by atoms with Gasteiger partial charge in [-0.15, -0.1) is 0 Å². The lowest BCUT2D eigenvalue weighted by atomic mass is 9.80. The first-order chi connectivity index (χ1) is 8.06. The van der Waals surface area contributed by atoms with E-state index in [1.165, 1.54) is 6.42 Å². The van der Waals surface area contributed by atoms with Crippen LogP contribution in [0.5, 0.6) is 0 Å². The monoisotopic (exact) mass is 239 g/mol. The van der Waals surface area contributed by atoms with Crippen LogP contribution in [0.2, 0.25) is 0 Å². The number of hydrogen-bond acceptors (Lipinski definition) is 3. The molecule has 0 bridgehead atoms. The molecule has 2 saturated carbocycles. The van der Waals surface area contributed by atoms with Gasteiger partial charge in [0, 0.05) is 6.04 Å². The Morgan fingerprint density at radius 2 is 1.82 bits per heavy atom. The Balaban J connectivity index is 1.79. The van der Waals surface area contributed by atoms with E-state index in [4.69, 9.17) is 10.5 Å². The fraction of sp³-hybridized carbons (Fsp3) is 0.929. The maximum absolute atomic E-state index is 12.0. The summed E-state index contributed by atoms with van der Waals surface area (Å²) in [4.78, 5) is 12.0. The zero-order chi connectivity index (χ0) is 12.4. The summed E-state index contributed by atoms with van der Waals surface area (Å²) in [7, 11) is 0. The molecule has 0 radical (unpaired) electrons. The van der Waals surface area contributed by atoms with E-state index in [1.807, 2.05) is 0 Å². The topological polar surface area (TPSA) is 52.3 Å². The molecule has 2 aliphatic carbocycles. The lowest BCUT2D eigenvalue weighted by molar-refractivity contribution is -0.156. The third-order valence-corrected chi connectivity index (χ3v) is 4.64. The van der Waals surface area contributed by atoms with E-state index in [0.717, 1.165) is 38.0 Å². The predicted molar refractivity (Wildman–Crippen MR) is 67.4 cm³/mol. The summed E-state index contributed by atoms with van der Waals surface area (Å²) in [5.74, 6) is 1.52. The van der Waals surface area contributed by atoms with Crippen LogP contribution >= 0.6 is 0 Å². The summed E-state index contributed by atoms with van der Waals surface area (Å²) in [6.07, 6.45) is 6.12. The molecule has 2 fully saturated rings. The molecule has 0 amide bonds. The van der Waals surface area contributed by atoms with Crippen molar-refractivity contribution in [3.63, 3.8) is 0 Å². The first kappa shape index (κ1) is 12.9. The van der Waals surface area contributed by atoms with Crippen molar-refractivity contribution in [3.05, 3.63) is 0 Å². The van der Waals surface area contributed by atoms with Gasteiger partial charge in [0.15, 0.2) is 0 Å². The van der Waals surface area contributed by atoms with Crippen LogP contribution in [0, 0.1) is 17.8 Å². The van der Waals surface area contributed by atoms with Crippen LogP contribution in [0.25, 0.3) is 0 Å². The maximum atomic E-state index is 12.0. The average molecular weight is 239 g/mol. The lowest BCUT2D eigenvalue weighted by Crippen LogP contribution is -2.31. The normalized spacial score (nSPS) is 42.4. The molecular formula is C14H25NO2. The number of esters is 1. The average Bonchev–Trinajstić information content (AvgIpc) is 2.70. The lowest BCUT2D eigenvalue weighted by Gasteiger charge is -2.32. The second-order valence-corrected chi connectivity index (χ2v) is 6.10. The molecule has 0 saturated heterocycles. The molecule has 3 nitrogen and oxygen atoms in total. The quantitative estimate of drug-likeness (QED) is 0.753. The van der Waals surface area contributed by atoms with Gasteiger partial charge >= 0.3 is 5.97 Å². The van der Waals surface area contributed by atoms with Crippen molar-refractivity contribution in [2.24, 2.45) is 23.5 Å². The molecule has 0 aliphatic heterocycles. The molecule has 98 valence electrons. The summed E-state index contributed by atoms with van der Waals surface area (Å²) < 4.78 is 5.65. The second kappa shape index (κ2) is 5.38. The summed E-state index contributed by atoms with van der Waals surface area (Å²) in [5.41, 5.74) is 5.83. The zero-order valence-electron chi connectivity index (χ0n) is 11.0. The molecule has 5 atom stereocenters. The summed E-state index contributed by atoms with van der Waals surface area (Å²) in [6.45, 7) is 4.55. The van der Waals surface area contributed by atoms with Crippen LogP contribution in [-0.2, 0) is 9.53 Å². The van der Waals surface area contributed by atoms with Gasteiger partial charge in [0.05, 0.1) is 5.92 Å². The number of ether oxygens (including phenoxy) is 1. The molecule has 2 aliphatic rings. The van der Waals surface area contributed by atoms with Crippen molar-refractivity contribution >= 4 is 5.97 Å². The van der Waals surface area contributed by atoms with E-state index in [1.54, 1.807) is 0 Å². The van der Waals surface area contributed by atoms with Gasteiger partial charge < -0.3 is 10.5 Å². The number of carbonyl (C=O) groups is 1. The number of hydrogen-bond donors (Lipinski definition) is 1. The highest BCUT2D eigenvalue weighted by atomic mass is 16.5.